The monoisotopic (exact) mass is 374 g/mol. The first-order chi connectivity index (χ1) is 13.8. The molecule has 2 aliphatic rings. The van der Waals surface area contributed by atoms with Crippen molar-refractivity contribution < 1.29 is 0 Å². The molecule has 0 saturated carbocycles. The zero-order valence-electron chi connectivity index (χ0n) is 16.0. The molecule has 0 spiro atoms. The van der Waals surface area contributed by atoms with Crippen molar-refractivity contribution in [2.24, 2.45) is 5.73 Å². The lowest BCUT2D eigenvalue weighted by Crippen LogP contribution is -2.31. The second kappa shape index (κ2) is 7.30. The number of imidazole rings is 1. The fourth-order valence-corrected chi connectivity index (χ4v) is 4.13. The highest BCUT2D eigenvalue weighted by Gasteiger charge is 2.19. The van der Waals surface area contributed by atoms with Gasteiger partial charge in [0.25, 0.3) is 0 Å². The van der Waals surface area contributed by atoms with Crippen molar-refractivity contribution in [2.75, 3.05) is 26.3 Å². The van der Waals surface area contributed by atoms with Crippen LogP contribution in [0.3, 0.4) is 0 Å². The number of benzene rings is 2. The van der Waals surface area contributed by atoms with E-state index in [1.165, 1.54) is 28.2 Å². The Labute approximate surface area is 165 Å². The summed E-state index contributed by atoms with van der Waals surface area (Å²) in [6.07, 6.45) is 3.07. The normalized spacial score (nSPS) is 17.0. The Morgan fingerprint density at radius 1 is 1.00 bits per heavy atom. The first kappa shape index (κ1) is 17.3. The van der Waals surface area contributed by atoms with Crippen LogP contribution < -0.4 is 16.4 Å². The van der Waals surface area contributed by atoms with Crippen molar-refractivity contribution in [1.29, 1.82) is 0 Å². The third-order valence-corrected chi connectivity index (χ3v) is 5.73. The predicted octanol–water partition coefficient (Wildman–Crippen LogP) is 2.01. The quantitative estimate of drug-likeness (QED) is 0.652. The molecule has 3 heterocycles. The van der Waals surface area contributed by atoms with E-state index in [9.17, 15) is 0 Å². The molecule has 4 N–H and O–H groups in total. The van der Waals surface area contributed by atoms with Gasteiger partial charge < -0.3 is 20.9 Å². The summed E-state index contributed by atoms with van der Waals surface area (Å²) in [5.74, 6) is 1.19. The Hall–Kier alpha value is -2.83. The maximum Gasteiger partial charge on any atom is 0.111 e. The van der Waals surface area contributed by atoms with Crippen molar-refractivity contribution in [3.8, 4) is 11.1 Å². The molecule has 5 rings (SSSR count). The lowest BCUT2D eigenvalue weighted by Gasteiger charge is -2.20. The van der Waals surface area contributed by atoms with Gasteiger partial charge in [0.2, 0.25) is 0 Å². The standard InChI is InChI=1S/C22H26N6/c23-12-16-1-3-17(4-2-16)18-5-6-21-20(11-18)26-22-7-8-27(9-10-28(21)22)14-19-13-24-15-25-19/h1-6,11,13,24-25H,7-10,12,14-15,23H2. The number of nitrogens with zero attached hydrogens (tertiary/aromatic N) is 3. The van der Waals surface area contributed by atoms with Gasteiger partial charge in [0.1, 0.15) is 5.82 Å². The second-order valence-electron chi connectivity index (χ2n) is 7.54. The summed E-state index contributed by atoms with van der Waals surface area (Å²) in [4.78, 5) is 7.47. The summed E-state index contributed by atoms with van der Waals surface area (Å²) in [6.45, 7) is 5.45. The molecule has 1 aromatic heterocycles. The van der Waals surface area contributed by atoms with Gasteiger partial charge in [-0.3, -0.25) is 4.90 Å². The smallest absolute Gasteiger partial charge is 0.111 e. The van der Waals surface area contributed by atoms with Gasteiger partial charge in [0.05, 0.1) is 17.7 Å². The van der Waals surface area contributed by atoms with Gasteiger partial charge in [0, 0.05) is 51.0 Å². The Kier molecular flexibility index (Phi) is 4.50. The van der Waals surface area contributed by atoms with Crippen LogP contribution in [-0.4, -0.2) is 40.8 Å². The molecule has 0 fully saturated rings. The Bertz CT molecular complexity index is 1020. The lowest BCUT2D eigenvalue weighted by atomic mass is 10.0. The highest BCUT2D eigenvalue weighted by Crippen LogP contribution is 2.26. The lowest BCUT2D eigenvalue weighted by molar-refractivity contribution is 0.299. The average molecular weight is 374 g/mol. The molecule has 0 aliphatic carbocycles. The molecule has 0 amide bonds. The first-order valence-electron chi connectivity index (χ1n) is 9.97. The number of rotatable bonds is 4. The molecule has 0 bridgehead atoms. The molecule has 6 nitrogen and oxygen atoms in total. The summed E-state index contributed by atoms with van der Waals surface area (Å²) in [7, 11) is 0. The minimum Gasteiger partial charge on any atom is -0.372 e. The van der Waals surface area contributed by atoms with E-state index in [0.717, 1.165) is 50.3 Å². The van der Waals surface area contributed by atoms with Crippen LogP contribution in [-0.2, 0) is 19.5 Å². The van der Waals surface area contributed by atoms with Crippen LogP contribution in [0.25, 0.3) is 22.2 Å². The Morgan fingerprint density at radius 2 is 1.86 bits per heavy atom. The number of hydrogen-bond donors (Lipinski definition) is 3. The van der Waals surface area contributed by atoms with Gasteiger partial charge in [-0.05, 0) is 28.8 Å². The molecule has 2 aromatic carbocycles. The Morgan fingerprint density at radius 3 is 2.64 bits per heavy atom. The molecule has 2 aliphatic heterocycles. The van der Waals surface area contributed by atoms with Crippen molar-refractivity contribution in [2.45, 2.75) is 19.5 Å². The van der Waals surface area contributed by atoms with E-state index in [2.05, 4.69) is 68.8 Å². The van der Waals surface area contributed by atoms with E-state index < -0.39 is 0 Å². The maximum atomic E-state index is 5.71. The van der Waals surface area contributed by atoms with Crippen LogP contribution in [0.2, 0.25) is 0 Å². The second-order valence-corrected chi connectivity index (χ2v) is 7.54. The van der Waals surface area contributed by atoms with E-state index in [1.807, 2.05) is 0 Å². The zero-order valence-corrected chi connectivity index (χ0v) is 16.0. The van der Waals surface area contributed by atoms with E-state index in [0.29, 0.717) is 6.54 Å². The van der Waals surface area contributed by atoms with Crippen LogP contribution in [0.15, 0.2) is 54.4 Å². The zero-order chi connectivity index (χ0) is 18.9. The fourth-order valence-electron chi connectivity index (χ4n) is 4.13. The predicted molar refractivity (Wildman–Crippen MR) is 112 cm³/mol. The molecule has 0 saturated heterocycles. The number of fused-ring (bicyclic) bond motifs is 3. The summed E-state index contributed by atoms with van der Waals surface area (Å²) in [6, 6.07) is 15.1. The van der Waals surface area contributed by atoms with Gasteiger partial charge in [-0.15, -0.1) is 0 Å². The number of nitrogens with one attached hydrogen (secondary N) is 2. The average Bonchev–Trinajstić information content (AvgIpc) is 3.32. The highest BCUT2D eigenvalue weighted by molar-refractivity contribution is 5.82. The molecule has 144 valence electrons. The van der Waals surface area contributed by atoms with Crippen molar-refractivity contribution >= 4 is 11.0 Å². The molecular formula is C22H26N6. The van der Waals surface area contributed by atoms with Crippen molar-refractivity contribution in [1.82, 2.24) is 25.1 Å². The minimum atomic E-state index is 0.577. The summed E-state index contributed by atoms with van der Waals surface area (Å²) in [5.41, 5.74) is 12.9. The molecule has 28 heavy (non-hydrogen) atoms. The first-order valence-corrected chi connectivity index (χ1v) is 9.97. The third-order valence-electron chi connectivity index (χ3n) is 5.73. The largest absolute Gasteiger partial charge is 0.372 e. The molecule has 0 radical (unpaired) electrons. The Balaban J connectivity index is 1.38. The SMILES string of the molecule is NCc1ccc(-c2ccc3c(c2)nc2n3CCN(CC3=CNCN3)CC2)cc1. The van der Waals surface area contributed by atoms with Crippen LogP contribution in [0.4, 0.5) is 0 Å². The van der Waals surface area contributed by atoms with Crippen molar-refractivity contribution in [3.05, 3.63) is 65.7 Å². The van der Waals surface area contributed by atoms with Gasteiger partial charge in [-0.2, -0.15) is 0 Å². The van der Waals surface area contributed by atoms with E-state index in [-0.39, 0.29) is 0 Å². The van der Waals surface area contributed by atoms with E-state index >= 15 is 0 Å². The fraction of sp³-hybridized carbons (Fsp3) is 0.318. The minimum absolute atomic E-state index is 0.577. The number of aromatic nitrogens is 2. The number of nitrogens with two attached hydrogens (primary N) is 1. The van der Waals surface area contributed by atoms with Gasteiger partial charge in [-0.25, -0.2) is 4.98 Å². The van der Waals surface area contributed by atoms with Gasteiger partial charge >= 0.3 is 0 Å². The van der Waals surface area contributed by atoms with Crippen molar-refractivity contribution in [3.63, 3.8) is 0 Å². The van der Waals surface area contributed by atoms with Crippen LogP contribution in [0.1, 0.15) is 11.4 Å². The van der Waals surface area contributed by atoms with E-state index in [1.54, 1.807) is 0 Å². The third kappa shape index (κ3) is 3.25. The van der Waals surface area contributed by atoms with Crippen LogP contribution in [0, 0.1) is 0 Å². The topological polar surface area (TPSA) is 71.1 Å². The highest BCUT2D eigenvalue weighted by atomic mass is 15.2. The maximum absolute atomic E-state index is 5.71. The molecule has 3 aromatic rings. The van der Waals surface area contributed by atoms with Gasteiger partial charge in [-0.1, -0.05) is 30.3 Å². The molecule has 6 heteroatoms. The molecular weight excluding hydrogens is 348 g/mol. The number of hydrogen-bond acceptors (Lipinski definition) is 5. The summed E-state index contributed by atoms with van der Waals surface area (Å²) >= 11 is 0. The molecule has 0 unspecified atom stereocenters. The summed E-state index contributed by atoms with van der Waals surface area (Å²) < 4.78 is 2.39. The van der Waals surface area contributed by atoms with E-state index in [4.69, 9.17) is 10.7 Å². The summed E-state index contributed by atoms with van der Waals surface area (Å²) in [5, 5.41) is 6.59. The molecule has 0 atom stereocenters. The van der Waals surface area contributed by atoms with Crippen LogP contribution in [0.5, 0.6) is 0 Å². The van der Waals surface area contributed by atoms with Crippen LogP contribution >= 0.6 is 0 Å². The van der Waals surface area contributed by atoms with Gasteiger partial charge in [0.15, 0.2) is 0 Å².